The van der Waals surface area contributed by atoms with Crippen LogP contribution in [0.3, 0.4) is 0 Å². The number of carbonyl (C=O) groups is 2. The highest BCUT2D eigenvalue weighted by molar-refractivity contribution is 6.29. The second kappa shape index (κ2) is 6.41. The largest absolute Gasteiger partial charge is 0.440 e. The molecule has 21 heavy (non-hydrogen) atoms. The van der Waals surface area contributed by atoms with Crippen LogP contribution in [-0.2, 0) is 4.79 Å². The van der Waals surface area contributed by atoms with Crippen LogP contribution in [0.1, 0.15) is 10.6 Å². The van der Waals surface area contributed by atoms with Gasteiger partial charge in [-0.05, 0) is 48.0 Å². The van der Waals surface area contributed by atoms with Gasteiger partial charge >= 0.3 is 0 Å². The maximum absolute atomic E-state index is 12.7. The summed E-state index contributed by atoms with van der Waals surface area (Å²) in [5.74, 6) is -1.21. The van der Waals surface area contributed by atoms with Gasteiger partial charge in [0.1, 0.15) is 5.82 Å². The van der Waals surface area contributed by atoms with E-state index in [9.17, 15) is 14.0 Å². The summed E-state index contributed by atoms with van der Waals surface area (Å²) in [6.45, 7) is -0.172. The Labute approximate surface area is 125 Å². The molecule has 1 aromatic heterocycles. The number of amides is 2. The number of hydrogen-bond acceptors (Lipinski definition) is 3. The molecule has 0 unspecified atom stereocenters. The molecule has 2 rings (SSSR count). The molecule has 0 aliphatic heterocycles. The summed E-state index contributed by atoms with van der Waals surface area (Å²) in [5, 5.41) is 2.65. The average Bonchev–Trinajstić information content (AvgIpc) is 2.87. The first kappa shape index (κ1) is 15.1. The summed E-state index contributed by atoms with van der Waals surface area (Å²) < 4.78 is 17.7. The molecule has 110 valence electrons. The first-order valence-electron chi connectivity index (χ1n) is 6.02. The minimum absolute atomic E-state index is 0.0529. The van der Waals surface area contributed by atoms with Crippen LogP contribution in [0.4, 0.5) is 10.1 Å². The number of benzene rings is 1. The Morgan fingerprint density at radius 3 is 2.48 bits per heavy atom. The molecule has 1 N–H and O–H groups in total. The SMILES string of the molecule is CN(CC(=O)Nc1ccc(F)cc1)C(=O)c1ccc(Cl)o1. The lowest BCUT2D eigenvalue weighted by Crippen LogP contribution is -2.34. The Hall–Kier alpha value is -2.34. The third kappa shape index (κ3) is 4.06. The van der Waals surface area contributed by atoms with Crippen LogP contribution < -0.4 is 5.32 Å². The van der Waals surface area contributed by atoms with Crippen LogP contribution in [0.25, 0.3) is 0 Å². The van der Waals surface area contributed by atoms with E-state index in [1.54, 1.807) is 0 Å². The zero-order valence-electron chi connectivity index (χ0n) is 11.1. The summed E-state index contributed by atoms with van der Waals surface area (Å²) in [6, 6.07) is 8.20. The van der Waals surface area contributed by atoms with Crippen molar-refractivity contribution in [2.75, 3.05) is 18.9 Å². The van der Waals surface area contributed by atoms with Crippen molar-refractivity contribution in [2.24, 2.45) is 0 Å². The summed E-state index contributed by atoms with van der Waals surface area (Å²) in [4.78, 5) is 24.9. The van der Waals surface area contributed by atoms with E-state index in [-0.39, 0.29) is 17.5 Å². The number of rotatable bonds is 4. The van der Waals surface area contributed by atoms with Gasteiger partial charge in [0, 0.05) is 12.7 Å². The maximum Gasteiger partial charge on any atom is 0.289 e. The van der Waals surface area contributed by atoms with Gasteiger partial charge in [-0.2, -0.15) is 0 Å². The predicted molar refractivity (Wildman–Crippen MR) is 75.7 cm³/mol. The molecule has 0 fully saturated rings. The molecule has 0 aliphatic rings. The molecular weight excluding hydrogens is 299 g/mol. The van der Waals surface area contributed by atoms with E-state index in [0.717, 1.165) is 0 Å². The Balaban J connectivity index is 1.92. The fraction of sp³-hybridized carbons (Fsp3) is 0.143. The topological polar surface area (TPSA) is 62.6 Å². The zero-order chi connectivity index (χ0) is 15.4. The van der Waals surface area contributed by atoms with E-state index in [4.69, 9.17) is 16.0 Å². The molecule has 0 bridgehead atoms. The monoisotopic (exact) mass is 310 g/mol. The van der Waals surface area contributed by atoms with E-state index in [1.807, 2.05) is 0 Å². The highest BCUT2D eigenvalue weighted by atomic mass is 35.5. The Bertz CT molecular complexity index is 654. The lowest BCUT2D eigenvalue weighted by molar-refractivity contribution is -0.116. The van der Waals surface area contributed by atoms with Gasteiger partial charge in [-0.15, -0.1) is 0 Å². The van der Waals surface area contributed by atoms with Gasteiger partial charge in [0.2, 0.25) is 5.91 Å². The van der Waals surface area contributed by atoms with Crippen LogP contribution >= 0.6 is 11.6 Å². The van der Waals surface area contributed by atoms with Crippen LogP contribution in [0.5, 0.6) is 0 Å². The molecule has 5 nitrogen and oxygen atoms in total. The van der Waals surface area contributed by atoms with Gasteiger partial charge in [-0.3, -0.25) is 9.59 Å². The van der Waals surface area contributed by atoms with E-state index in [2.05, 4.69) is 5.32 Å². The quantitative estimate of drug-likeness (QED) is 0.944. The number of hydrogen-bond donors (Lipinski definition) is 1. The minimum Gasteiger partial charge on any atom is -0.440 e. The Morgan fingerprint density at radius 2 is 1.90 bits per heavy atom. The van der Waals surface area contributed by atoms with Crippen molar-refractivity contribution >= 4 is 29.1 Å². The molecule has 2 amide bonds. The summed E-state index contributed by atoms with van der Waals surface area (Å²) in [6.07, 6.45) is 0. The molecule has 0 radical (unpaired) electrons. The molecule has 2 aromatic rings. The van der Waals surface area contributed by atoms with Crippen molar-refractivity contribution in [3.8, 4) is 0 Å². The lowest BCUT2D eigenvalue weighted by atomic mass is 10.3. The summed E-state index contributed by atoms with van der Waals surface area (Å²) >= 11 is 5.59. The fourth-order valence-electron chi connectivity index (χ4n) is 1.64. The van der Waals surface area contributed by atoms with Crippen molar-refractivity contribution in [1.82, 2.24) is 4.90 Å². The standard InChI is InChI=1S/C14H12ClFN2O3/c1-18(14(20)11-6-7-12(15)21-11)8-13(19)17-10-4-2-9(16)3-5-10/h2-7H,8H2,1H3,(H,17,19). The van der Waals surface area contributed by atoms with Crippen molar-refractivity contribution in [2.45, 2.75) is 0 Å². The molecule has 0 atom stereocenters. The molecule has 1 heterocycles. The van der Waals surface area contributed by atoms with E-state index >= 15 is 0 Å². The lowest BCUT2D eigenvalue weighted by Gasteiger charge is -2.15. The third-order valence-electron chi connectivity index (χ3n) is 2.64. The summed E-state index contributed by atoms with van der Waals surface area (Å²) in [7, 11) is 1.46. The average molecular weight is 311 g/mol. The van der Waals surface area contributed by atoms with E-state index in [0.29, 0.717) is 5.69 Å². The van der Waals surface area contributed by atoms with Gasteiger partial charge < -0.3 is 14.6 Å². The van der Waals surface area contributed by atoms with Crippen LogP contribution in [-0.4, -0.2) is 30.3 Å². The molecule has 7 heteroatoms. The number of likely N-dealkylation sites (N-methyl/N-ethyl adjacent to an activating group) is 1. The predicted octanol–water partition coefficient (Wildman–Crippen LogP) is 2.78. The number of nitrogens with one attached hydrogen (secondary N) is 1. The minimum atomic E-state index is -0.462. The molecule has 1 aromatic carbocycles. The van der Waals surface area contributed by atoms with Crippen molar-refractivity contribution in [3.63, 3.8) is 0 Å². The molecule has 0 spiro atoms. The number of anilines is 1. The van der Waals surface area contributed by atoms with Crippen molar-refractivity contribution in [1.29, 1.82) is 0 Å². The van der Waals surface area contributed by atoms with Crippen molar-refractivity contribution in [3.05, 3.63) is 53.2 Å². The third-order valence-corrected chi connectivity index (χ3v) is 2.84. The Morgan fingerprint density at radius 1 is 1.24 bits per heavy atom. The van der Waals surface area contributed by atoms with Gasteiger partial charge in [0.25, 0.3) is 5.91 Å². The number of nitrogens with zero attached hydrogens (tertiary/aromatic N) is 1. The molecular formula is C14H12ClFN2O3. The maximum atomic E-state index is 12.7. The van der Waals surface area contributed by atoms with E-state index < -0.39 is 17.6 Å². The first-order valence-corrected chi connectivity index (χ1v) is 6.40. The van der Waals surface area contributed by atoms with Gasteiger partial charge in [-0.25, -0.2) is 4.39 Å². The fourth-order valence-corrected chi connectivity index (χ4v) is 1.78. The number of halogens is 2. The highest BCUT2D eigenvalue weighted by Gasteiger charge is 2.18. The number of furan rings is 1. The van der Waals surface area contributed by atoms with E-state index in [1.165, 1.54) is 48.3 Å². The second-order valence-electron chi connectivity index (χ2n) is 4.32. The first-order chi connectivity index (χ1) is 9.95. The van der Waals surface area contributed by atoms with Gasteiger partial charge in [0.05, 0.1) is 6.54 Å². The highest BCUT2D eigenvalue weighted by Crippen LogP contribution is 2.14. The van der Waals surface area contributed by atoms with Crippen molar-refractivity contribution < 1.29 is 18.4 Å². The van der Waals surface area contributed by atoms with Gasteiger partial charge in [-0.1, -0.05) is 0 Å². The normalized spacial score (nSPS) is 10.2. The Kier molecular flexibility index (Phi) is 4.59. The molecule has 0 saturated carbocycles. The van der Waals surface area contributed by atoms with Gasteiger partial charge in [0.15, 0.2) is 11.0 Å². The zero-order valence-corrected chi connectivity index (χ0v) is 11.9. The van der Waals surface area contributed by atoms with Crippen LogP contribution in [0.15, 0.2) is 40.8 Å². The molecule has 0 saturated heterocycles. The van der Waals surface area contributed by atoms with Crippen LogP contribution in [0.2, 0.25) is 5.22 Å². The molecule has 0 aliphatic carbocycles. The second-order valence-corrected chi connectivity index (χ2v) is 4.69. The van der Waals surface area contributed by atoms with Crippen LogP contribution in [0, 0.1) is 5.82 Å². The summed E-state index contributed by atoms with van der Waals surface area (Å²) in [5.41, 5.74) is 0.447. The smallest absolute Gasteiger partial charge is 0.289 e. The number of carbonyl (C=O) groups excluding carboxylic acids is 2.